The highest BCUT2D eigenvalue weighted by molar-refractivity contribution is 5.36. The molecule has 0 aliphatic rings. The van der Waals surface area contributed by atoms with Crippen LogP contribution in [0.3, 0.4) is 0 Å². The van der Waals surface area contributed by atoms with Gasteiger partial charge in [0, 0.05) is 12.6 Å². The molecule has 114 valence electrons. The van der Waals surface area contributed by atoms with E-state index in [0.717, 1.165) is 23.2 Å². The van der Waals surface area contributed by atoms with E-state index in [1.807, 2.05) is 20.8 Å². The van der Waals surface area contributed by atoms with Crippen LogP contribution < -0.4 is 5.32 Å². The highest BCUT2D eigenvalue weighted by Crippen LogP contribution is 2.25. The predicted octanol–water partition coefficient (Wildman–Crippen LogP) is 3.76. The Morgan fingerprint density at radius 1 is 1.20 bits per heavy atom. The molecule has 2 nitrogen and oxygen atoms in total. The summed E-state index contributed by atoms with van der Waals surface area (Å²) in [6.07, 6.45) is -1.87. The predicted molar refractivity (Wildman–Crippen MR) is 73.7 cm³/mol. The molecular formula is C15H22F3NO. The number of benzene rings is 1. The molecule has 0 saturated heterocycles. The van der Waals surface area contributed by atoms with Crippen molar-refractivity contribution in [2.24, 2.45) is 0 Å². The minimum Gasteiger partial charge on any atom is -0.375 e. The number of ether oxygens (including phenoxy) is 1. The highest BCUT2D eigenvalue weighted by atomic mass is 19.3. The Bertz CT molecular complexity index is 401. The second kappa shape index (κ2) is 8.27. The van der Waals surface area contributed by atoms with Gasteiger partial charge in [-0.15, -0.1) is 0 Å². The number of rotatable bonds is 8. The Balaban J connectivity index is 2.75. The number of nitrogens with one attached hydrogen (secondary N) is 1. The van der Waals surface area contributed by atoms with E-state index in [9.17, 15) is 13.2 Å². The maximum absolute atomic E-state index is 13.3. The van der Waals surface area contributed by atoms with Gasteiger partial charge >= 0.3 is 0 Å². The Morgan fingerprint density at radius 2 is 1.80 bits per heavy atom. The van der Waals surface area contributed by atoms with Crippen molar-refractivity contribution in [3.63, 3.8) is 0 Å². The fraction of sp³-hybridized carbons (Fsp3) is 0.600. The Hall–Kier alpha value is -1.07. The molecule has 0 aromatic heterocycles. The average molecular weight is 289 g/mol. The quantitative estimate of drug-likeness (QED) is 0.736. The van der Waals surface area contributed by atoms with Crippen LogP contribution in [0.2, 0.25) is 0 Å². The van der Waals surface area contributed by atoms with Crippen LogP contribution in [-0.2, 0) is 4.74 Å². The topological polar surface area (TPSA) is 21.3 Å². The van der Waals surface area contributed by atoms with Crippen LogP contribution in [0.25, 0.3) is 0 Å². The molecule has 0 radical (unpaired) electrons. The molecule has 5 heteroatoms. The third-order valence-corrected chi connectivity index (χ3v) is 3.15. The Kier molecular flexibility index (Phi) is 7.02. The van der Waals surface area contributed by atoms with E-state index in [0.29, 0.717) is 6.42 Å². The molecule has 1 unspecified atom stereocenters. The SMILES string of the molecule is CCNC(CCOCC(F)F)c1c(C)cc(F)cc1C. The van der Waals surface area contributed by atoms with Crippen molar-refractivity contribution < 1.29 is 17.9 Å². The minimum absolute atomic E-state index is 0.0155. The number of alkyl halides is 2. The third kappa shape index (κ3) is 5.13. The van der Waals surface area contributed by atoms with Crippen molar-refractivity contribution >= 4 is 0 Å². The lowest BCUT2D eigenvalue weighted by Gasteiger charge is -2.22. The van der Waals surface area contributed by atoms with E-state index in [-0.39, 0.29) is 18.5 Å². The van der Waals surface area contributed by atoms with E-state index in [1.165, 1.54) is 12.1 Å². The van der Waals surface area contributed by atoms with Gasteiger partial charge in [-0.25, -0.2) is 13.2 Å². The molecule has 0 spiro atoms. The molecule has 1 aromatic rings. The standard InChI is InChI=1S/C15H22F3NO/c1-4-19-13(5-6-20-9-14(17)18)15-10(2)7-12(16)8-11(15)3/h7-8,13-14,19H,4-6,9H2,1-3H3. The van der Waals surface area contributed by atoms with Crippen molar-refractivity contribution in [3.05, 3.63) is 34.6 Å². The van der Waals surface area contributed by atoms with Crippen LogP contribution in [-0.4, -0.2) is 26.2 Å². The fourth-order valence-electron chi connectivity index (χ4n) is 2.44. The maximum atomic E-state index is 13.3. The molecule has 1 rings (SSSR count). The first kappa shape index (κ1) is 17.0. The summed E-state index contributed by atoms with van der Waals surface area (Å²) in [7, 11) is 0. The first-order valence-corrected chi connectivity index (χ1v) is 6.81. The van der Waals surface area contributed by atoms with Gasteiger partial charge in [0.25, 0.3) is 6.43 Å². The zero-order valence-electron chi connectivity index (χ0n) is 12.2. The molecule has 0 fully saturated rings. The zero-order chi connectivity index (χ0) is 15.1. The summed E-state index contributed by atoms with van der Waals surface area (Å²) in [5, 5.41) is 3.30. The van der Waals surface area contributed by atoms with Crippen LogP contribution in [0.15, 0.2) is 12.1 Å². The van der Waals surface area contributed by atoms with E-state index in [1.54, 1.807) is 0 Å². The summed E-state index contributed by atoms with van der Waals surface area (Å²) < 4.78 is 42.3. The Labute approximate surface area is 118 Å². The van der Waals surface area contributed by atoms with E-state index in [4.69, 9.17) is 4.74 Å². The smallest absolute Gasteiger partial charge is 0.261 e. The van der Waals surface area contributed by atoms with Gasteiger partial charge < -0.3 is 10.1 Å². The van der Waals surface area contributed by atoms with Crippen molar-refractivity contribution in [2.45, 2.75) is 39.7 Å². The summed E-state index contributed by atoms with van der Waals surface area (Å²) in [5.74, 6) is -0.257. The zero-order valence-corrected chi connectivity index (χ0v) is 12.2. The Morgan fingerprint density at radius 3 is 2.30 bits per heavy atom. The average Bonchev–Trinajstić information content (AvgIpc) is 2.32. The second-order valence-electron chi connectivity index (χ2n) is 4.82. The van der Waals surface area contributed by atoms with Crippen LogP contribution in [0.4, 0.5) is 13.2 Å². The van der Waals surface area contributed by atoms with Crippen LogP contribution in [0.5, 0.6) is 0 Å². The summed E-state index contributed by atoms with van der Waals surface area (Å²) in [5.41, 5.74) is 2.75. The van der Waals surface area contributed by atoms with Crippen molar-refractivity contribution in [1.29, 1.82) is 0 Å². The molecule has 0 aliphatic carbocycles. The van der Waals surface area contributed by atoms with Crippen LogP contribution >= 0.6 is 0 Å². The largest absolute Gasteiger partial charge is 0.375 e. The monoisotopic (exact) mass is 289 g/mol. The summed E-state index contributed by atoms with van der Waals surface area (Å²) in [4.78, 5) is 0. The van der Waals surface area contributed by atoms with Gasteiger partial charge in [0.15, 0.2) is 0 Å². The molecule has 0 bridgehead atoms. The minimum atomic E-state index is -2.44. The maximum Gasteiger partial charge on any atom is 0.261 e. The molecule has 0 heterocycles. The molecule has 20 heavy (non-hydrogen) atoms. The van der Waals surface area contributed by atoms with Gasteiger partial charge in [-0.3, -0.25) is 0 Å². The summed E-state index contributed by atoms with van der Waals surface area (Å²) in [6, 6.07) is 2.97. The fourth-order valence-corrected chi connectivity index (χ4v) is 2.44. The number of hydrogen-bond donors (Lipinski definition) is 1. The van der Waals surface area contributed by atoms with E-state index < -0.39 is 13.0 Å². The van der Waals surface area contributed by atoms with E-state index >= 15 is 0 Å². The van der Waals surface area contributed by atoms with Gasteiger partial charge in [0.2, 0.25) is 0 Å². The summed E-state index contributed by atoms with van der Waals surface area (Å²) in [6.45, 7) is 6.14. The summed E-state index contributed by atoms with van der Waals surface area (Å²) >= 11 is 0. The van der Waals surface area contributed by atoms with Crippen LogP contribution in [0, 0.1) is 19.7 Å². The number of hydrogen-bond acceptors (Lipinski definition) is 2. The third-order valence-electron chi connectivity index (χ3n) is 3.15. The normalized spacial score (nSPS) is 12.9. The first-order chi connectivity index (χ1) is 9.45. The molecule has 0 aliphatic heterocycles. The molecule has 1 N–H and O–H groups in total. The number of halogens is 3. The second-order valence-corrected chi connectivity index (χ2v) is 4.82. The van der Waals surface area contributed by atoms with Gasteiger partial charge in [-0.2, -0.15) is 0 Å². The lowest BCUT2D eigenvalue weighted by molar-refractivity contribution is 0.0143. The molecule has 0 amide bonds. The number of aryl methyl sites for hydroxylation is 2. The molecule has 1 aromatic carbocycles. The molecule has 1 atom stereocenters. The van der Waals surface area contributed by atoms with Gasteiger partial charge in [-0.05, 0) is 55.6 Å². The van der Waals surface area contributed by atoms with Crippen molar-refractivity contribution in [1.82, 2.24) is 5.32 Å². The van der Waals surface area contributed by atoms with E-state index in [2.05, 4.69) is 5.32 Å². The van der Waals surface area contributed by atoms with Crippen molar-refractivity contribution in [3.8, 4) is 0 Å². The van der Waals surface area contributed by atoms with Gasteiger partial charge in [-0.1, -0.05) is 6.92 Å². The van der Waals surface area contributed by atoms with Gasteiger partial charge in [0.1, 0.15) is 12.4 Å². The highest BCUT2D eigenvalue weighted by Gasteiger charge is 2.16. The lowest BCUT2D eigenvalue weighted by atomic mass is 9.94. The molecule has 0 saturated carbocycles. The molecular weight excluding hydrogens is 267 g/mol. The lowest BCUT2D eigenvalue weighted by Crippen LogP contribution is -2.24. The first-order valence-electron chi connectivity index (χ1n) is 6.81. The van der Waals surface area contributed by atoms with Crippen LogP contribution in [0.1, 0.15) is 36.1 Å². The van der Waals surface area contributed by atoms with Crippen molar-refractivity contribution in [2.75, 3.05) is 19.8 Å². The van der Waals surface area contributed by atoms with Gasteiger partial charge in [0.05, 0.1) is 0 Å².